The number of phenols is 1. The van der Waals surface area contributed by atoms with Crippen molar-refractivity contribution in [3.63, 3.8) is 0 Å². The molecule has 0 aliphatic heterocycles. The minimum Gasteiger partial charge on any atom is -0.505 e. The van der Waals surface area contributed by atoms with Crippen LogP contribution >= 0.6 is 0 Å². The van der Waals surface area contributed by atoms with Crippen molar-refractivity contribution in [3.8, 4) is 5.75 Å². The maximum absolute atomic E-state index is 12.8. The summed E-state index contributed by atoms with van der Waals surface area (Å²) in [5.74, 6) is -1.41. The van der Waals surface area contributed by atoms with Gasteiger partial charge in [-0.05, 0) is 11.6 Å². The predicted octanol–water partition coefficient (Wildman–Crippen LogP) is 1.88. The fraction of sp³-hybridized carbons (Fsp3) is 0.250. The highest BCUT2D eigenvalue weighted by Gasteiger charge is 2.15. The van der Waals surface area contributed by atoms with E-state index in [2.05, 4.69) is 10.0 Å². The van der Waals surface area contributed by atoms with Crippen LogP contribution in [0.3, 0.4) is 0 Å². The van der Waals surface area contributed by atoms with Gasteiger partial charge in [0.2, 0.25) is 0 Å². The summed E-state index contributed by atoms with van der Waals surface area (Å²) in [5, 5.41) is 21.3. The van der Waals surface area contributed by atoms with Gasteiger partial charge in [0.1, 0.15) is 0 Å². The molecule has 6 heteroatoms. The van der Waals surface area contributed by atoms with Gasteiger partial charge in [0, 0.05) is 10.5 Å². The van der Waals surface area contributed by atoms with Crippen molar-refractivity contribution < 1.29 is 14.6 Å². The SMILES string of the molecule is [N-]=[N+]=NC(CO)c1cccc(F)c1O. The summed E-state index contributed by atoms with van der Waals surface area (Å²) in [6.45, 7) is -0.485. The van der Waals surface area contributed by atoms with E-state index in [0.717, 1.165) is 6.07 Å². The van der Waals surface area contributed by atoms with Gasteiger partial charge in [-0.25, -0.2) is 4.39 Å². The molecule has 1 aromatic rings. The zero-order valence-corrected chi connectivity index (χ0v) is 7.13. The molecule has 0 fully saturated rings. The topological polar surface area (TPSA) is 89.2 Å². The fourth-order valence-corrected chi connectivity index (χ4v) is 1.06. The van der Waals surface area contributed by atoms with Crippen LogP contribution in [-0.4, -0.2) is 16.8 Å². The number of aliphatic hydroxyl groups is 1. The van der Waals surface area contributed by atoms with Gasteiger partial charge in [-0.3, -0.25) is 0 Å². The van der Waals surface area contributed by atoms with Crippen LogP contribution in [0.1, 0.15) is 11.6 Å². The molecule has 74 valence electrons. The summed E-state index contributed by atoms with van der Waals surface area (Å²) < 4.78 is 12.8. The quantitative estimate of drug-likeness (QED) is 0.440. The van der Waals surface area contributed by atoms with Crippen LogP contribution in [0.5, 0.6) is 5.75 Å². The van der Waals surface area contributed by atoms with Gasteiger partial charge in [0.25, 0.3) is 0 Å². The highest BCUT2D eigenvalue weighted by molar-refractivity contribution is 5.36. The third kappa shape index (κ3) is 1.93. The molecule has 1 aromatic carbocycles. The number of halogens is 1. The standard InChI is InChI=1S/C8H8FN3O2/c9-6-3-1-2-5(8(6)14)7(4-13)11-12-10/h1-3,7,13-14H,4H2. The molecule has 2 N–H and O–H groups in total. The molecule has 0 aliphatic carbocycles. The van der Waals surface area contributed by atoms with Gasteiger partial charge in [0.15, 0.2) is 11.6 Å². The Kier molecular flexibility index (Phi) is 3.28. The Bertz CT molecular complexity index is 377. The van der Waals surface area contributed by atoms with Crippen LogP contribution in [0, 0.1) is 5.82 Å². The number of rotatable bonds is 3. The van der Waals surface area contributed by atoms with E-state index in [-0.39, 0.29) is 5.56 Å². The van der Waals surface area contributed by atoms with E-state index in [0.29, 0.717) is 0 Å². The van der Waals surface area contributed by atoms with Gasteiger partial charge < -0.3 is 10.2 Å². The molecule has 0 spiro atoms. The lowest BCUT2D eigenvalue weighted by molar-refractivity contribution is 0.264. The van der Waals surface area contributed by atoms with Crippen molar-refractivity contribution in [2.24, 2.45) is 5.11 Å². The average Bonchev–Trinajstić information content (AvgIpc) is 2.19. The summed E-state index contributed by atoms with van der Waals surface area (Å²) in [6, 6.07) is 2.85. The van der Waals surface area contributed by atoms with Crippen LogP contribution in [0.25, 0.3) is 10.4 Å². The Balaban J connectivity index is 3.16. The van der Waals surface area contributed by atoms with Crippen LogP contribution in [-0.2, 0) is 0 Å². The summed E-state index contributed by atoms with van der Waals surface area (Å²) in [5.41, 5.74) is 8.24. The third-order valence-corrected chi connectivity index (χ3v) is 1.74. The first-order valence-corrected chi connectivity index (χ1v) is 3.83. The number of para-hydroxylation sites is 1. The number of hydrogen-bond donors (Lipinski definition) is 2. The largest absolute Gasteiger partial charge is 0.505 e. The third-order valence-electron chi connectivity index (χ3n) is 1.74. The molecule has 0 amide bonds. The maximum Gasteiger partial charge on any atom is 0.165 e. The minimum absolute atomic E-state index is 0.0744. The maximum atomic E-state index is 12.8. The number of phenolic OH excluding ortho intramolecular Hbond substituents is 1. The van der Waals surface area contributed by atoms with E-state index < -0.39 is 24.2 Å². The van der Waals surface area contributed by atoms with Crippen molar-refractivity contribution >= 4 is 0 Å². The molecule has 1 unspecified atom stereocenters. The molecule has 0 saturated carbocycles. The van der Waals surface area contributed by atoms with Crippen LogP contribution in [0.2, 0.25) is 0 Å². The first-order valence-electron chi connectivity index (χ1n) is 3.83. The molecule has 14 heavy (non-hydrogen) atoms. The van der Waals surface area contributed by atoms with Gasteiger partial charge in [0.05, 0.1) is 12.6 Å². The lowest BCUT2D eigenvalue weighted by Gasteiger charge is -2.09. The number of hydrogen-bond acceptors (Lipinski definition) is 3. The van der Waals surface area contributed by atoms with Gasteiger partial charge >= 0.3 is 0 Å². The van der Waals surface area contributed by atoms with E-state index in [4.69, 9.17) is 10.6 Å². The summed E-state index contributed by atoms with van der Waals surface area (Å²) in [4.78, 5) is 2.49. The average molecular weight is 197 g/mol. The zero-order valence-electron chi connectivity index (χ0n) is 7.13. The van der Waals surface area contributed by atoms with E-state index in [9.17, 15) is 9.50 Å². The monoisotopic (exact) mass is 197 g/mol. The van der Waals surface area contributed by atoms with Crippen LogP contribution in [0.15, 0.2) is 23.3 Å². The van der Waals surface area contributed by atoms with E-state index in [1.165, 1.54) is 12.1 Å². The normalized spacial score (nSPS) is 11.9. The highest BCUT2D eigenvalue weighted by atomic mass is 19.1. The summed E-state index contributed by atoms with van der Waals surface area (Å²) in [7, 11) is 0. The number of azide groups is 1. The summed E-state index contributed by atoms with van der Waals surface area (Å²) in [6.07, 6.45) is 0. The molecule has 0 aliphatic rings. The second kappa shape index (κ2) is 4.45. The Labute approximate surface area is 79.0 Å². The first-order chi connectivity index (χ1) is 6.70. The van der Waals surface area contributed by atoms with E-state index >= 15 is 0 Å². The predicted molar refractivity (Wildman–Crippen MR) is 47.0 cm³/mol. The Morgan fingerprint density at radius 1 is 1.57 bits per heavy atom. The van der Waals surface area contributed by atoms with Crippen molar-refractivity contribution in [2.45, 2.75) is 6.04 Å². The lowest BCUT2D eigenvalue weighted by atomic mass is 10.1. The Hall–Kier alpha value is -1.78. The smallest absolute Gasteiger partial charge is 0.165 e. The molecule has 1 rings (SSSR count). The van der Waals surface area contributed by atoms with Crippen molar-refractivity contribution in [1.29, 1.82) is 0 Å². The molecular weight excluding hydrogens is 189 g/mol. The first kappa shape index (κ1) is 10.3. The Morgan fingerprint density at radius 3 is 2.86 bits per heavy atom. The molecule has 5 nitrogen and oxygen atoms in total. The van der Waals surface area contributed by atoms with Gasteiger partial charge in [-0.2, -0.15) is 0 Å². The van der Waals surface area contributed by atoms with Crippen molar-refractivity contribution in [3.05, 3.63) is 40.0 Å². The van der Waals surface area contributed by atoms with Crippen LogP contribution in [0.4, 0.5) is 4.39 Å². The second-order valence-electron chi connectivity index (χ2n) is 2.58. The van der Waals surface area contributed by atoms with Crippen LogP contribution < -0.4 is 0 Å². The molecule has 0 radical (unpaired) electrons. The number of aromatic hydroxyl groups is 1. The van der Waals surface area contributed by atoms with Gasteiger partial charge in [-0.1, -0.05) is 17.2 Å². The summed E-state index contributed by atoms with van der Waals surface area (Å²) >= 11 is 0. The zero-order chi connectivity index (χ0) is 10.6. The molecule has 0 bridgehead atoms. The fourth-order valence-electron chi connectivity index (χ4n) is 1.06. The lowest BCUT2D eigenvalue weighted by Crippen LogP contribution is -2.01. The van der Waals surface area contributed by atoms with E-state index in [1.54, 1.807) is 0 Å². The molecule has 1 atom stereocenters. The molecule has 0 heterocycles. The van der Waals surface area contributed by atoms with Crippen molar-refractivity contribution in [1.82, 2.24) is 0 Å². The van der Waals surface area contributed by atoms with Gasteiger partial charge in [-0.15, -0.1) is 0 Å². The molecule has 0 aromatic heterocycles. The molecular formula is C8H8FN3O2. The van der Waals surface area contributed by atoms with Crippen molar-refractivity contribution in [2.75, 3.05) is 6.61 Å². The Morgan fingerprint density at radius 2 is 2.29 bits per heavy atom. The number of nitrogens with zero attached hydrogens (tertiary/aromatic N) is 3. The highest BCUT2D eigenvalue weighted by Crippen LogP contribution is 2.28. The van der Waals surface area contributed by atoms with E-state index in [1.807, 2.05) is 0 Å². The second-order valence-corrected chi connectivity index (χ2v) is 2.58. The number of aliphatic hydroxyl groups excluding tert-OH is 1. The number of benzene rings is 1. The minimum atomic E-state index is -0.962. The molecule has 0 saturated heterocycles.